The van der Waals surface area contributed by atoms with Gasteiger partial charge < -0.3 is 10.4 Å². The highest BCUT2D eigenvalue weighted by molar-refractivity contribution is 5.97. The molecule has 0 bridgehead atoms. The maximum Gasteiger partial charge on any atom is 0.221 e. The van der Waals surface area contributed by atoms with E-state index in [2.05, 4.69) is 5.32 Å². The van der Waals surface area contributed by atoms with E-state index in [0.29, 0.717) is 12.0 Å². The quantitative estimate of drug-likeness (QED) is 0.834. The van der Waals surface area contributed by atoms with Crippen molar-refractivity contribution in [2.45, 2.75) is 31.4 Å². The molecule has 2 atom stereocenters. The van der Waals surface area contributed by atoms with Crippen LogP contribution in [0.25, 0.3) is 0 Å². The van der Waals surface area contributed by atoms with Crippen LogP contribution in [0.3, 0.4) is 0 Å². The predicted octanol–water partition coefficient (Wildman–Crippen LogP) is 2.42. The summed E-state index contributed by atoms with van der Waals surface area (Å²) in [6, 6.07) is 16.3. The summed E-state index contributed by atoms with van der Waals surface area (Å²) in [6.45, 7) is 0. The molecule has 0 saturated carbocycles. The van der Waals surface area contributed by atoms with Crippen LogP contribution in [0.15, 0.2) is 54.6 Å². The summed E-state index contributed by atoms with van der Waals surface area (Å²) in [7, 11) is 0. The van der Waals surface area contributed by atoms with Crippen molar-refractivity contribution < 1.29 is 14.7 Å². The van der Waals surface area contributed by atoms with E-state index in [9.17, 15) is 14.7 Å². The number of hydrogen-bond donors (Lipinski definition) is 2. The Balaban J connectivity index is 1.57. The van der Waals surface area contributed by atoms with E-state index in [1.165, 1.54) is 0 Å². The first-order valence-electron chi connectivity index (χ1n) is 7.78. The normalized spacial score (nSPS) is 19.2. The molecule has 0 spiro atoms. The zero-order chi connectivity index (χ0) is 16.2. The van der Waals surface area contributed by atoms with Crippen LogP contribution in [0.5, 0.6) is 0 Å². The first-order chi connectivity index (χ1) is 11.1. The summed E-state index contributed by atoms with van der Waals surface area (Å²) >= 11 is 0. The third-order valence-corrected chi connectivity index (χ3v) is 4.20. The number of carbonyl (C=O) groups excluding carboxylic acids is 2. The lowest BCUT2D eigenvalue weighted by atomic mass is 10.1. The lowest BCUT2D eigenvalue weighted by Crippen LogP contribution is -2.34. The van der Waals surface area contributed by atoms with Crippen LogP contribution in [-0.4, -0.2) is 22.9 Å². The number of aliphatic hydroxyl groups excluding tert-OH is 1. The SMILES string of the molecule is O=C(CCC(=O)c1ccccc1)N[C@H]1c2ccccc2C[C@@H]1O. The number of benzene rings is 2. The van der Waals surface area contributed by atoms with Crippen molar-refractivity contribution in [1.29, 1.82) is 0 Å². The van der Waals surface area contributed by atoms with E-state index < -0.39 is 6.10 Å². The number of rotatable bonds is 5. The second-order valence-electron chi connectivity index (χ2n) is 5.80. The van der Waals surface area contributed by atoms with E-state index >= 15 is 0 Å². The first kappa shape index (κ1) is 15.4. The number of ketones is 1. The molecule has 2 aromatic rings. The van der Waals surface area contributed by atoms with Gasteiger partial charge in [0.2, 0.25) is 5.91 Å². The highest BCUT2D eigenvalue weighted by Gasteiger charge is 2.31. The van der Waals surface area contributed by atoms with Gasteiger partial charge in [0.05, 0.1) is 12.1 Å². The number of nitrogens with one attached hydrogen (secondary N) is 1. The molecule has 1 aliphatic rings. The summed E-state index contributed by atoms with van der Waals surface area (Å²) in [5, 5.41) is 13.0. The van der Waals surface area contributed by atoms with Crippen molar-refractivity contribution in [2.75, 3.05) is 0 Å². The van der Waals surface area contributed by atoms with Crippen LogP contribution in [-0.2, 0) is 11.2 Å². The molecule has 4 heteroatoms. The average molecular weight is 309 g/mol. The molecule has 4 nitrogen and oxygen atoms in total. The van der Waals surface area contributed by atoms with Gasteiger partial charge in [-0.15, -0.1) is 0 Å². The van der Waals surface area contributed by atoms with Gasteiger partial charge >= 0.3 is 0 Å². The van der Waals surface area contributed by atoms with Crippen LogP contribution in [0.1, 0.15) is 40.4 Å². The number of Topliss-reactive ketones (excluding diaryl/α,β-unsaturated/α-hetero) is 1. The Morgan fingerprint density at radius 1 is 1.00 bits per heavy atom. The van der Waals surface area contributed by atoms with Gasteiger partial charge in [0, 0.05) is 24.8 Å². The van der Waals surface area contributed by atoms with Crippen LogP contribution in [0.2, 0.25) is 0 Å². The zero-order valence-electron chi connectivity index (χ0n) is 12.7. The van der Waals surface area contributed by atoms with Crippen LogP contribution < -0.4 is 5.32 Å². The molecule has 0 radical (unpaired) electrons. The van der Waals surface area contributed by atoms with Gasteiger partial charge in [-0.2, -0.15) is 0 Å². The second-order valence-corrected chi connectivity index (χ2v) is 5.80. The van der Waals surface area contributed by atoms with Gasteiger partial charge in [0.1, 0.15) is 0 Å². The van der Waals surface area contributed by atoms with E-state index in [-0.39, 0.29) is 30.6 Å². The van der Waals surface area contributed by atoms with E-state index in [0.717, 1.165) is 11.1 Å². The van der Waals surface area contributed by atoms with E-state index in [1.807, 2.05) is 30.3 Å². The van der Waals surface area contributed by atoms with Gasteiger partial charge in [0.15, 0.2) is 5.78 Å². The maximum absolute atomic E-state index is 12.1. The van der Waals surface area contributed by atoms with Crippen molar-refractivity contribution in [3.8, 4) is 0 Å². The molecule has 0 aromatic heterocycles. The topological polar surface area (TPSA) is 66.4 Å². The molecular weight excluding hydrogens is 290 g/mol. The molecule has 2 aromatic carbocycles. The summed E-state index contributed by atoms with van der Waals surface area (Å²) in [5.74, 6) is -0.261. The lowest BCUT2D eigenvalue weighted by molar-refractivity contribution is -0.122. The molecule has 0 fully saturated rings. The molecule has 23 heavy (non-hydrogen) atoms. The van der Waals surface area contributed by atoms with Crippen LogP contribution in [0, 0.1) is 0 Å². The monoisotopic (exact) mass is 309 g/mol. The summed E-state index contributed by atoms with van der Waals surface area (Å²) in [5.41, 5.74) is 2.64. The fourth-order valence-corrected chi connectivity index (χ4v) is 2.99. The predicted molar refractivity (Wildman–Crippen MR) is 87.0 cm³/mol. The molecule has 0 unspecified atom stereocenters. The minimum atomic E-state index is -0.610. The highest BCUT2D eigenvalue weighted by Crippen LogP contribution is 2.31. The third-order valence-electron chi connectivity index (χ3n) is 4.20. The molecule has 1 aliphatic carbocycles. The molecule has 0 saturated heterocycles. The number of amides is 1. The number of carbonyl (C=O) groups is 2. The highest BCUT2D eigenvalue weighted by atomic mass is 16.3. The average Bonchev–Trinajstić information content (AvgIpc) is 2.89. The number of hydrogen-bond acceptors (Lipinski definition) is 3. The summed E-state index contributed by atoms with van der Waals surface area (Å²) in [6.07, 6.45) is 0.227. The van der Waals surface area contributed by atoms with Gasteiger partial charge in [-0.25, -0.2) is 0 Å². The minimum absolute atomic E-state index is 0.0480. The molecule has 3 rings (SSSR count). The van der Waals surface area contributed by atoms with Crippen molar-refractivity contribution in [3.05, 3.63) is 71.3 Å². The zero-order valence-corrected chi connectivity index (χ0v) is 12.7. The van der Waals surface area contributed by atoms with Gasteiger partial charge in [-0.3, -0.25) is 9.59 Å². The summed E-state index contributed by atoms with van der Waals surface area (Å²) < 4.78 is 0. The largest absolute Gasteiger partial charge is 0.390 e. The van der Waals surface area contributed by atoms with Gasteiger partial charge in [-0.1, -0.05) is 54.6 Å². The van der Waals surface area contributed by atoms with Crippen molar-refractivity contribution in [2.24, 2.45) is 0 Å². The molecule has 0 heterocycles. The van der Waals surface area contributed by atoms with Crippen molar-refractivity contribution in [1.82, 2.24) is 5.32 Å². The Hall–Kier alpha value is -2.46. The standard InChI is InChI=1S/C19H19NO3/c21-16(13-6-2-1-3-7-13)10-11-18(23)20-19-15-9-5-4-8-14(15)12-17(19)22/h1-9,17,19,22H,10-12H2,(H,20,23)/t17-,19-/m0/s1. The number of fused-ring (bicyclic) bond motifs is 1. The Morgan fingerprint density at radius 2 is 1.70 bits per heavy atom. The fourth-order valence-electron chi connectivity index (χ4n) is 2.99. The Kier molecular flexibility index (Phi) is 4.53. The molecule has 118 valence electrons. The fraction of sp³-hybridized carbons (Fsp3) is 0.263. The van der Waals surface area contributed by atoms with Crippen LogP contribution in [0.4, 0.5) is 0 Å². The summed E-state index contributed by atoms with van der Waals surface area (Å²) in [4.78, 5) is 24.1. The Morgan fingerprint density at radius 3 is 2.48 bits per heavy atom. The van der Waals surface area contributed by atoms with Gasteiger partial charge in [0.25, 0.3) is 0 Å². The molecule has 0 aliphatic heterocycles. The smallest absolute Gasteiger partial charge is 0.221 e. The Bertz CT molecular complexity index is 712. The van der Waals surface area contributed by atoms with Crippen molar-refractivity contribution in [3.63, 3.8) is 0 Å². The first-order valence-corrected chi connectivity index (χ1v) is 7.78. The Labute approximate surface area is 135 Å². The van der Waals surface area contributed by atoms with Crippen LogP contribution >= 0.6 is 0 Å². The minimum Gasteiger partial charge on any atom is -0.390 e. The van der Waals surface area contributed by atoms with E-state index in [1.54, 1.807) is 24.3 Å². The molecular formula is C19H19NO3. The second kappa shape index (κ2) is 6.75. The molecule has 1 amide bonds. The maximum atomic E-state index is 12.1. The third kappa shape index (κ3) is 3.48. The van der Waals surface area contributed by atoms with Gasteiger partial charge in [-0.05, 0) is 11.1 Å². The number of aliphatic hydroxyl groups is 1. The van der Waals surface area contributed by atoms with Crippen molar-refractivity contribution >= 4 is 11.7 Å². The molecule has 2 N–H and O–H groups in total. The lowest BCUT2D eigenvalue weighted by Gasteiger charge is -2.17. The van der Waals surface area contributed by atoms with E-state index in [4.69, 9.17) is 0 Å².